The second-order valence-electron chi connectivity index (χ2n) is 8.49. The Bertz CT molecular complexity index is 864. The van der Waals surface area contributed by atoms with Crippen LogP contribution in [0.25, 0.3) is 0 Å². The van der Waals surface area contributed by atoms with Gasteiger partial charge in [-0.3, -0.25) is 14.5 Å². The summed E-state index contributed by atoms with van der Waals surface area (Å²) in [6, 6.07) is 12.8. The molecule has 1 fully saturated rings. The molecular formula is C23H30N4O3. The fraction of sp³-hybridized carbons (Fsp3) is 0.435. The van der Waals surface area contributed by atoms with Gasteiger partial charge in [0.15, 0.2) is 0 Å². The van der Waals surface area contributed by atoms with Gasteiger partial charge in [-0.1, -0.05) is 18.2 Å². The summed E-state index contributed by atoms with van der Waals surface area (Å²) in [6.07, 6.45) is 2.43. The average Bonchev–Trinajstić information content (AvgIpc) is 2.93. The lowest BCUT2D eigenvalue weighted by molar-refractivity contribution is -0.123. The van der Waals surface area contributed by atoms with E-state index in [4.69, 9.17) is 4.74 Å². The summed E-state index contributed by atoms with van der Waals surface area (Å²) in [4.78, 5) is 33.6. The minimum atomic E-state index is -0.250. The first-order valence-corrected chi connectivity index (χ1v) is 10.3. The lowest BCUT2D eigenvalue weighted by Gasteiger charge is -2.25. The molecule has 3 rings (SSSR count). The van der Waals surface area contributed by atoms with Crippen LogP contribution in [-0.2, 0) is 4.79 Å². The van der Waals surface area contributed by atoms with Gasteiger partial charge in [0.25, 0.3) is 5.91 Å². The maximum absolute atomic E-state index is 13.2. The van der Waals surface area contributed by atoms with E-state index in [1.54, 1.807) is 18.3 Å². The number of hydrogen-bond donors (Lipinski definition) is 1. The van der Waals surface area contributed by atoms with E-state index in [2.05, 4.69) is 15.2 Å². The molecule has 0 aliphatic carbocycles. The topological polar surface area (TPSA) is 74.8 Å². The molecule has 0 atom stereocenters. The van der Waals surface area contributed by atoms with E-state index in [9.17, 15) is 9.59 Å². The number of benzene rings is 1. The van der Waals surface area contributed by atoms with Crippen molar-refractivity contribution in [2.24, 2.45) is 0 Å². The van der Waals surface area contributed by atoms with Gasteiger partial charge in [0.2, 0.25) is 11.8 Å². The predicted molar refractivity (Wildman–Crippen MR) is 116 cm³/mol. The Morgan fingerprint density at radius 3 is 2.53 bits per heavy atom. The third-order valence-corrected chi connectivity index (χ3v) is 4.72. The summed E-state index contributed by atoms with van der Waals surface area (Å²) in [5.41, 5.74) is 0.195. The van der Waals surface area contributed by atoms with Crippen LogP contribution in [0, 0.1) is 0 Å². The highest BCUT2D eigenvalue weighted by molar-refractivity contribution is 5.96. The largest absolute Gasteiger partial charge is 0.438 e. The number of aromatic nitrogens is 1. The maximum Gasteiger partial charge on any atom is 0.259 e. The zero-order valence-electron chi connectivity index (χ0n) is 17.9. The first kappa shape index (κ1) is 21.8. The minimum absolute atomic E-state index is 0.00748. The predicted octanol–water partition coefficient (Wildman–Crippen LogP) is 2.94. The van der Waals surface area contributed by atoms with E-state index < -0.39 is 0 Å². The summed E-state index contributed by atoms with van der Waals surface area (Å²) in [5.74, 6) is 0.847. The molecule has 0 bridgehead atoms. The number of amides is 2. The molecule has 0 saturated carbocycles. The van der Waals surface area contributed by atoms with E-state index in [1.165, 1.54) is 0 Å². The van der Waals surface area contributed by atoms with Gasteiger partial charge in [-0.2, -0.15) is 0 Å². The molecule has 160 valence electrons. The highest BCUT2D eigenvalue weighted by atomic mass is 16.5. The summed E-state index contributed by atoms with van der Waals surface area (Å²) >= 11 is 0. The van der Waals surface area contributed by atoms with E-state index >= 15 is 0 Å². The highest BCUT2D eigenvalue weighted by Crippen LogP contribution is 2.24. The minimum Gasteiger partial charge on any atom is -0.438 e. The Hall–Kier alpha value is -2.93. The number of ether oxygens (including phenoxy) is 1. The molecule has 2 aromatic rings. The van der Waals surface area contributed by atoms with Crippen LogP contribution in [0.15, 0.2) is 48.7 Å². The van der Waals surface area contributed by atoms with Crippen molar-refractivity contribution in [1.29, 1.82) is 0 Å². The molecule has 0 spiro atoms. The van der Waals surface area contributed by atoms with Gasteiger partial charge in [0.05, 0.1) is 6.54 Å². The Morgan fingerprint density at radius 1 is 1.03 bits per heavy atom. The molecule has 30 heavy (non-hydrogen) atoms. The monoisotopic (exact) mass is 410 g/mol. The molecule has 1 aliphatic rings. The van der Waals surface area contributed by atoms with Crippen LogP contribution in [0.5, 0.6) is 11.6 Å². The van der Waals surface area contributed by atoms with Crippen molar-refractivity contribution >= 4 is 11.8 Å². The molecule has 1 aliphatic heterocycles. The third kappa shape index (κ3) is 6.29. The lowest BCUT2D eigenvalue weighted by Crippen LogP contribution is -2.46. The van der Waals surface area contributed by atoms with E-state index in [0.717, 1.165) is 13.0 Å². The van der Waals surface area contributed by atoms with Crippen LogP contribution in [0.2, 0.25) is 0 Å². The molecule has 1 saturated heterocycles. The number of nitrogens with one attached hydrogen (secondary N) is 1. The number of nitrogens with zero attached hydrogens (tertiary/aromatic N) is 3. The number of pyridine rings is 1. The Labute approximate surface area is 178 Å². The molecule has 7 nitrogen and oxygen atoms in total. The van der Waals surface area contributed by atoms with Crippen molar-refractivity contribution in [2.75, 3.05) is 32.7 Å². The van der Waals surface area contributed by atoms with Crippen LogP contribution in [0.1, 0.15) is 37.6 Å². The quantitative estimate of drug-likeness (QED) is 0.820. The van der Waals surface area contributed by atoms with Gasteiger partial charge in [0.1, 0.15) is 11.3 Å². The van der Waals surface area contributed by atoms with Gasteiger partial charge in [-0.15, -0.1) is 0 Å². The summed E-state index contributed by atoms with van der Waals surface area (Å²) in [5, 5.41) is 2.99. The average molecular weight is 411 g/mol. The van der Waals surface area contributed by atoms with Crippen molar-refractivity contribution in [3.05, 3.63) is 54.2 Å². The number of hydrogen-bond acceptors (Lipinski definition) is 5. The highest BCUT2D eigenvalue weighted by Gasteiger charge is 2.25. The van der Waals surface area contributed by atoms with E-state index in [0.29, 0.717) is 43.4 Å². The Kier molecular flexibility index (Phi) is 7.05. The van der Waals surface area contributed by atoms with E-state index in [1.807, 2.05) is 56.0 Å². The van der Waals surface area contributed by atoms with Crippen LogP contribution in [-0.4, -0.2) is 64.9 Å². The summed E-state index contributed by atoms with van der Waals surface area (Å²) < 4.78 is 5.85. The first-order chi connectivity index (χ1) is 14.3. The molecule has 0 unspecified atom stereocenters. The molecule has 7 heteroatoms. The number of carbonyl (C=O) groups excluding carboxylic acids is 2. The van der Waals surface area contributed by atoms with Gasteiger partial charge < -0.3 is 15.0 Å². The van der Waals surface area contributed by atoms with Crippen molar-refractivity contribution in [1.82, 2.24) is 20.1 Å². The molecule has 1 aromatic carbocycles. The van der Waals surface area contributed by atoms with Gasteiger partial charge in [0, 0.05) is 37.9 Å². The molecular weight excluding hydrogens is 380 g/mol. The van der Waals surface area contributed by atoms with E-state index in [-0.39, 0.29) is 17.4 Å². The molecule has 0 radical (unpaired) electrons. The van der Waals surface area contributed by atoms with Crippen molar-refractivity contribution in [3.63, 3.8) is 0 Å². The maximum atomic E-state index is 13.2. The second kappa shape index (κ2) is 9.71. The van der Waals surface area contributed by atoms with Crippen molar-refractivity contribution in [3.8, 4) is 11.6 Å². The zero-order chi connectivity index (χ0) is 21.6. The lowest BCUT2D eigenvalue weighted by atomic mass is 10.1. The van der Waals surface area contributed by atoms with Crippen LogP contribution < -0.4 is 10.1 Å². The SMILES string of the molecule is CC(C)(C)NC(=O)CN1CCCN(C(=O)c2cccnc2Oc2ccccc2)CC1. The van der Waals surface area contributed by atoms with Crippen LogP contribution in [0.3, 0.4) is 0 Å². The molecule has 1 aromatic heterocycles. The van der Waals surface area contributed by atoms with Gasteiger partial charge in [-0.05, 0) is 51.5 Å². The normalized spacial score (nSPS) is 15.4. The fourth-order valence-electron chi connectivity index (χ4n) is 3.40. The van der Waals surface area contributed by atoms with Crippen molar-refractivity contribution < 1.29 is 14.3 Å². The summed E-state index contributed by atoms with van der Waals surface area (Å²) in [7, 11) is 0. The van der Waals surface area contributed by atoms with Crippen molar-refractivity contribution in [2.45, 2.75) is 32.7 Å². The Morgan fingerprint density at radius 2 is 1.80 bits per heavy atom. The standard InChI is InChI=1S/C23H30N4O3/c1-23(2,3)25-20(28)17-26-13-8-14-27(16-15-26)22(29)19-11-7-12-24-21(19)30-18-9-5-4-6-10-18/h4-7,9-12H,8,13-17H2,1-3H3,(H,25,28). The zero-order valence-corrected chi connectivity index (χ0v) is 17.9. The van der Waals surface area contributed by atoms with Gasteiger partial charge in [-0.25, -0.2) is 4.98 Å². The van der Waals surface area contributed by atoms with Crippen LogP contribution >= 0.6 is 0 Å². The number of carbonyl (C=O) groups is 2. The summed E-state index contributed by atoms with van der Waals surface area (Å²) in [6.45, 7) is 8.87. The van der Waals surface area contributed by atoms with Crippen LogP contribution in [0.4, 0.5) is 0 Å². The number of rotatable bonds is 5. The second-order valence-corrected chi connectivity index (χ2v) is 8.49. The molecule has 1 N–H and O–H groups in total. The molecule has 2 amide bonds. The number of para-hydroxylation sites is 1. The smallest absolute Gasteiger partial charge is 0.259 e. The molecule has 2 heterocycles. The van der Waals surface area contributed by atoms with Gasteiger partial charge >= 0.3 is 0 Å². The fourth-order valence-corrected chi connectivity index (χ4v) is 3.40. The Balaban J connectivity index is 1.63. The first-order valence-electron chi connectivity index (χ1n) is 10.3. The third-order valence-electron chi connectivity index (χ3n) is 4.72.